The molecule has 4 N–H and O–H groups in total. The van der Waals surface area contributed by atoms with Gasteiger partial charge in [-0.25, -0.2) is 15.1 Å². The van der Waals surface area contributed by atoms with Crippen LogP contribution in [0, 0.1) is 5.92 Å². The van der Waals surface area contributed by atoms with Gasteiger partial charge in [-0.1, -0.05) is 24.3 Å². The molecule has 1 aromatic carbocycles. The summed E-state index contributed by atoms with van der Waals surface area (Å²) in [6.45, 7) is 0.118. The minimum atomic E-state index is -3.89. The smallest absolute Gasteiger partial charge is 0.333 e. The molecule has 2 aliphatic carbocycles. The van der Waals surface area contributed by atoms with E-state index in [0.717, 1.165) is 37.3 Å². The fourth-order valence-corrected chi connectivity index (χ4v) is 4.76. The maximum atomic E-state index is 11.0. The molecule has 1 heterocycles. The molecule has 162 valence electrons. The average molecular weight is 434 g/mol. The third-order valence-electron chi connectivity index (χ3n) is 5.82. The number of rotatable bonds is 8. The molecule has 0 saturated heterocycles. The predicted octanol–water partition coefficient (Wildman–Crippen LogP) is 2.00. The van der Waals surface area contributed by atoms with E-state index in [2.05, 4.69) is 32.7 Å². The van der Waals surface area contributed by atoms with Crippen LogP contribution in [0.25, 0.3) is 0 Å². The fraction of sp³-hybridized carbons (Fsp3) is 0.500. The molecule has 0 bridgehead atoms. The summed E-state index contributed by atoms with van der Waals surface area (Å²) in [4.78, 5) is 8.70. The van der Waals surface area contributed by atoms with E-state index < -0.39 is 10.3 Å². The van der Waals surface area contributed by atoms with Crippen LogP contribution in [0.2, 0.25) is 0 Å². The highest BCUT2D eigenvalue weighted by Crippen LogP contribution is 2.35. The number of hydrogen-bond donors (Lipinski definition) is 3. The Kier molecular flexibility index (Phi) is 6.19. The minimum Gasteiger partial charge on any atom is -0.379 e. The molecule has 30 heavy (non-hydrogen) atoms. The van der Waals surface area contributed by atoms with Crippen LogP contribution in [0.15, 0.2) is 36.7 Å². The summed E-state index contributed by atoms with van der Waals surface area (Å²) in [5, 5.41) is 11.8. The third kappa shape index (κ3) is 5.07. The van der Waals surface area contributed by atoms with Crippen molar-refractivity contribution in [2.45, 2.75) is 43.9 Å². The first-order chi connectivity index (χ1) is 14.4. The lowest BCUT2D eigenvalue weighted by Gasteiger charge is -2.22. The summed E-state index contributed by atoms with van der Waals surface area (Å²) >= 11 is 0. The molecular weight excluding hydrogens is 406 g/mol. The highest BCUT2D eigenvalue weighted by molar-refractivity contribution is 7.84. The maximum absolute atomic E-state index is 11.0. The van der Waals surface area contributed by atoms with E-state index in [0.29, 0.717) is 0 Å². The van der Waals surface area contributed by atoms with E-state index in [-0.39, 0.29) is 30.7 Å². The molecule has 1 saturated carbocycles. The molecule has 0 spiro atoms. The molecule has 0 aliphatic heterocycles. The van der Waals surface area contributed by atoms with Crippen molar-refractivity contribution >= 4 is 21.9 Å². The summed E-state index contributed by atoms with van der Waals surface area (Å²) < 4.78 is 32.4. The Hall–Kier alpha value is -2.27. The van der Waals surface area contributed by atoms with Gasteiger partial charge in [0.25, 0.3) is 0 Å². The molecule has 1 aromatic heterocycles. The van der Waals surface area contributed by atoms with Crippen molar-refractivity contribution in [1.82, 2.24) is 9.97 Å². The zero-order valence-corrected chi connectivity index (χ0v) is 17.6. The normalized spacial score (nSPS) is 25.8. The van der Waals surface area contributed by atoms with Gasteiger partial charge in [-0.05, 0) is 36.3 Å². The van der Waals surface area contributed by atoms with Crippen molar-refractivity contribution in [3.63, 3.8) is 0 Å². The Balaban J connectivity index is 1.38. The zero-order valence-electron chi connectivity index (χ0n) is 16.8. The second-order valence-corrected chi connectivity index (χ2v) is 9.11. The SMILES string of the molecule is CO[C@H]1Cc2ccccc2[C@H]1Nc1cc(N[C@H]2CC[C@@H](COS(N)(=O)=O)C2)ncn1. The highest BCUT2D eigenvalue weighted by Gasteiger charge is 2.32. The lowest BCUT2D eigenvalue weighted by atomic mass is 10.1. The molecule has 4 rings (SSSR count). The van der Waals surface area contributed by atoms with Crippen molar-refractivity contribution < 1.29 is 17.3 Å². The van der Waals surface area contributed by atoms with Gasteiger partial charge < -0.3 is 15.4 Å². The Morgan fingerprint density at radius 1 is 1.17 bits per heavy atom. The van der Waals surface area contributed by atoms with Gasteiger partial charge in [0.1, 0.15) is 18.0 Å². The second-order valence-electron chi connectivity index (χ2n) is 7.89. The number of aromatic nitrogens is 2. The lowest BCUT2D eigenvalue weighted by molar-refractivity contribution is 0.0959. The molecule has 1 fully saturated rings. The first kappa shape index (κ1) is 21.0. The molecular formula is C20H27N5O4S. The highest BCUT2D eigenvalue weighted by atomic mass is 32.2. The average Bonchev–Trinajstić information content (AvgIpc) is 3.31. The van der Waals surface area contributed by atoms with Gasteiger partial charge in [0.05, 0.1) is 18.8 Å². The number of anilines is 2. The third-order valence-corrected chi connectivity index (χ3v) is 6.28. The van der Waals surface area contributed by atoms with Crippen LogP contribution in [-0.2, 0) is 25.6 Å². The Morgan fingerprint density at radius 2 is 1.93 bits per heavy atom. The molecule has 0 amide bonds. The number of hydrogen-bond acceptors (Lipinski definition) is 8. The Bertz CT molecular complexity index is 987. The minimum absolute atomic E-state index is 0.0279. The van der Waals surface area contributed by atoms with Gasteiger partial charge in [0.15, 0.2) is 0 Å². The van der Waals surface area contributed by atoms with E-state index in [1.54, 1.807) is 7.11 Å². The lowest BCUT2D eigenvalue weighted by Crippen LogP contribution is -2.24. The molecule has 2 aromatic rings. The van der Waals surface area contributed by atoms with Crippen LogP contribution in [0.1, 0.15) is 36.4 Å². The van der Waals surface area contributed by atoms with Gasteiger partial charge in [0, 0.05) is 25.6 Å². The van der Waals surface area contributed by atoms with Gasteiger partial charge in [-0.15, -0.1) is 0 Å². The number of nitrogens with zero attached hydrogens (tertiary/aromatic N) is 2. The van der Waals surface area contributed by atoms with Gasteiger partial charge in [-0.3, -0.25) is 4.18 Å². The van der Waals surface area contributed by atoms with Crippen LogP contribution < -0.4 is 15.8 Å². The monoisotopic (exact) mass is 433 g/mol. The van der Waals surface area contributed by atoms with E-state index in [4.69, 9.17) is 14.1 Å². The number of nitrogens with two attached hydrogens (primary N) is 1. The summed E-state index contributed by atoms with van der Waals surface area (Å²) in [6, 6.07) is 10.4. The fourth-order valence-electron chi connectivity index (χ4n) is 4.38. The first-order valence-corrected chi connectivity index (χ1v) is 11.5. The largest absolute Gasteiger partial charge is 0.379 e. The van der Waals surface area contributed by atoms with Crippen molar-refractivity contribution in [3.05, 3.63) is 47.8 Å². The molecule has 0 radical (unpaired) electrons. The Labute approximate surface area is 176 Å². The topological polar surface area (TPSA) is 128 Å². The summed E-state index contributed by atoms with van der Waals surface area (Å²) in [5.74, 6) is 1.60. The van der Waals surface area contributed by atoms with Crippen LogP contribution in [0.3, 0.4) is 0 Å². The van der Waals surface area contributed by atoms with Crippen LogP contribution in [0.4, 0.5) is 11.6 Å². The molecule has 2 aliphatic rings. The predicted molar refractivity (Wildman–Crippen MR) is 113 cm³/mol. The van der Waals surface area contributed by atoms with Gasteiger partial charge >= 0.3 is 10.3 Å². The van der Waals surface area contributed by atoms with E-state index in [1.807, 2.05) is 18.2 Å². The number of methoxy groups -OCH3 is 1. The first-order valence-electron chi connectivity index (χ1n) is 10.0. The quantitative estimate of drug-likeness (QED) is 0.577. The number of ether oxygens (including phenoxy) is 1. The number of fused-ring (bicyclic) bond motifs is 1. The summed E-state index contributed by atoms with van der Waals surface area (Å²) in [7, 11) is -2.16. The summed E-state index contributed by atoms with van der Waals surface area (Å²) in [6.07, 6.45) is 5.02. The number of nitrogens with one attached hydrogen (secondary N) is 2. The van der Waals surface area contributed by atoms with Crippen molar-refractivity contribution in [2.75, 3.05) is 24.4 Å². The van der Waals surface area contributed by atoms with Crippen molar-refractivity contribution in [1.29, 1.82) is 0 Å². The van der Waals surface area contributed by atoms with E-state index >= 15 is 0 Å². The van der Waals surface area contributed by atoms with Crippen LogP contribution in [-0.4, -0.2) is 44.2 Å². The summed E-state index contributed by atoms with van der Waals surface area (Å²) in [5.41, 5.74) is 2.51. The standard InChI is InChI=1S/C20H27N5O4S/c1-28-17-9-14-4-2-3-5-16(14)20(17)25-19-10-18(22-12-23-19)24-15-7-6-13(8-15)11-29-30(21,26)27/h2-5,10,12-13,15,17,20H,6-9,11H2,1H3,(H2,21,26,27)(H2,22,23,24,25)/t13-,15+,17+,20-/m1/s1. The van der Waals surface area contributed by atoms with Gasteiger partial charge in [-0.2, -0.15) is 8.42 Å². The number of benzene rings is 1. The molecule has 10 heteroatoms. The van der Waals surface area contributed by atoms with Crippen molar-refractivity contribution in [2.24, 2.45) is 11.1 Å². The maximum Gasteiger partial charge on any atom is 0.333 e. The zero-order chi connectivity index (χ0) is 21.1. The van der Waals surface area contributed by atoms with Crippen LogP contribution >= 0.6 is 0 Å². The van der Waals surface area contributed by atoms with Crippen molar-refractivity contribution in [3.8, 4) is 0 Å². The molecule has 0 unspecified atom stereocenters. The second kappa shape index (κ2) is 8.84. The molecule has 4 atom stereocenters. The Morgan fingerprint density at radius 3 is 2.70 bits per heavy atom. The van der Waals surface area contributed by atoms with E-state index in [9.17, 15) is 8.42 Å². The van der Waals surface area contributed by atoms with Gasteiger partial charge in [0.2, 0.25) is 0 Å². The molecule has 9 nitrogen and oxygen atoms in total. The van der Waals surface area contributed by atoms with E-state index in [1.165, 1.54) is 17.5 Å². The van der Waals surface area contributed by atoms with Crippen LogP contribution in [0.5, 0.6) is 0 Å².